The Kier molecular flexibility index (Phi) is 2.75. The van der Waals surface area contributed by atoms with E-state index in [1.165, 1.54) is 6.07 Å². The first-order valence-electron chi connectivity index (χ1n) is 5.05. The fourth-order valence-electron chi connectivity index (χ4n) is 1.53. The largest absolute Gasteiger partial charge is 0.383 e. The summed E-state index contributed by atoms with van der Waals surface area (Å²) in [5, 5.41) is 8.74. The number of hydrogen-bond donors (Lipinski definition) is 1. The highest BCUT2D eigenvalue weighted by Crippen LogP contribution is 2.22. The first kappa shape index (κ1) is 11.1. The van der Waals surface area contributed by atoms with Crippen molar-refractivity contribution in [2.24, 2.45) is 0 Å². The Morgan fingerprint density at radius 1 is 1.29 bits per heavy atom. The van der Waals surface area contributed by atoms with Gasteiger partial charge in [-0.3, -0.25) is 0 Å². The van der Waals surface area contributed by atoms with Crippen molar-refractivity contribution < 1.29 is 4.39 Å². The normalized spacial score (nSPS) is 9.94. The predicted octanol–water partition coefficient (Wildman–Crippen LogP) is 2.65. The van der Waals surface area contributed by atoms with Gasteiger partial charge in [-0.05, 0) is 42.8 Å². The molecule has 0 saturated heterocycles. The lowest BCUT2D eigenvalue weighted by molar-refractivity contribution is 0.619. The second-order valence-corrected chi connectivity index (χ2v) is 3.71. The lowest BCUT2D eigenvalue weighted by atomic mass is 10.1. The Morgan fingerprint density at radius 3 is 2.65 bits per heavy atom. The van der Waals surface area contributed by atoms with Gasteiger partial charge in [-0.25, -0.2) is 9.37 Å². The van der Waals surface area contributed by atoms with Crippen molar-refractivity contribution in [2.45, 2.75) is 6.92 Å². The second kappa shape index (κ2) is 4.22. The van der Waals surface area contributed by atoms with Crippen LogP contribution in [0.5, 0.6) is 0 Å². The summed E-state index contributed by atoms with van der Waals surface area (Å²) in [5.41, 5.74) is 7.93. The van der Waals surface area contributed by atoms with Crippen LogP contribution in [0.2, 0.25) is 0 Å². The van der Waals surface area contributed by atoms with E-state index < -0.39 is 0 Å². The molecule has 1 aromatic carbocycles. The van der Waals surface area contributed by atoms with E-state index >= 15 is 0 Å². The third kappa shape index (κ3) is 2.08. The molecular formula is C13H10FN3. The molecule has 1 heterocycles. The highest BCUT2D eigenvalue weighted by molar-refractivity contribution is 5.64. The molecule has 0 atom stereocenters. The van der Waals surface area contributed by atoms with Gasteiger partial charge >= 0.3 is 0 Å². The molecular weight excluding hydrogens is 217 g/mol. The molecule has 0 bridgehead atoms. The summed E-state index contributed by atoms with van der Waals surface area (Å²) in [6, 6.07) is 9.97. The summed E-state index contributed by atoms with van der Waals surface area (Å²) in [4.78, 5) is 4.12. The first-order valence-corrected chi connectivity index (χ1v) is 5.05. The van der Waals surface area contributed by atoms with Crippen molar-refractivity contribution in [1.82, 2.24) is 4.98 Å². The van der Waals surface area contributed by atoms with Gasteiger partial charge in [-0.1, -0.05) is 0 Å². The van der Waals surface area contributed by atoms with Gasteiger partial charge in [-0.2, -0.15) is 5.26 Å². The van der Waals surface area contributed by atoms with E-state index in [1.807, 2.05) is 6.07 Å². The Hall–Kier alpha value is -2.41. The van der Waals surface area contributed by atoms with Crippen LogP contribution in [0.1, 0.15) is 11.1 Å². The van der Waals surface area contributed by atoms with E-state index in [1.54, 1.807) is 31.2 Å². The standard InChI is InChI=1S/C13H10FN3/c1-8-6-9(2-4-11(8)14)12-5-3-10(7-15)13(16)17-12/h2-6H,1H3,(H2,16,17). The number of nitrogen functional groups attached to an aromatic ring is 1. The van der Waals surface area contributed by atoms with Crippen molar-refractivity contribution >= 4 is 5.82 Å². The van der Waals surface area contributed by atoms with Gasteiger partial charge in [0.2, 0.25) is 0 Å². The Balaban J connectivity index is 2.50. The summed E-state index contributed by atoms with van der Waals surface area (Å²) < 4.78 is 13.1. The fraction of sp³-hybridized carbons (Fsp3) is 0.0769. The zero-order valence-corrected chi connectivity index (χ0v) is 9.24. The summed E-state index contributed by atoms with van der Waals surface area (Å²) in [6.45, 7) is 1.69. The number of pyridine rings is 1. The summed E-state index contributed by atoms with van der Waals surface area (Å²) in [6.07, 6.45) is 0. The van der Waals surface area contributed by atoms with Crippen molar-refractivity contribution in [3.8, 4) is 17.3 Å². The molecule has 0 aliphatic carbocycles. The zero-order chi connectivity index (χ0) is 12.4. The molecule has 4 heteroatoms. The molecule has 17 heavy (non-hydrogen) atoms. The molecule has 0 fully saturated rings. The minimum absolute atomic E-state index is 0.187. The minimum Gasteiger partial charge on any atom is -0.383 e. The van der Waals surface area contributed by atoms with Crippen LogP contribution in [0.3, 0.4) is 0 Å². The molecule has 2 N–H and O–H groups in total. The number of halogens is 1. The van der Waals surface area contributed by atoms with Gasteiger partial charge in [0, 0.05) is 5.56 Å². The average molecular weight is 227 g/mol. The number of rotatable bonds is 1. The van der Waals surface area contributed by atoms with E-state index in [9.17, 15) is 4.39 Å². The molecule has 0 radical (unpaired) electrons. The lowest BCUT2D eigenvalue weighted by Gasteiger charge is -2.04. The number of benzene rings is 1. The molecule has 2 rings (SSSR count). The highest BCUT2D eigenvalue weighted by atomic mass is 19.1. The molecule has 2 aromatic rings. The van der Waals surface area contributed by atoms with Crippen LogP contribution in [0, 0.1) is 24.1 Å². The van der Waals surface area contributed by atoms with Gasteiger partial charge < -0.3 is 5.73 Å². The third-order valence-corrected chi connectivity index (χ3v) is 2.50. The summed E-state index contributed by atoms with van der Waals surface area (Å²) in [5.74, 6) is -0.0673. The van der Waals surface area contributed by atoms with E-state index in [0.717, 1.165) is 5.56 Å². The van der Waals surface area contributed by atoms with E-state index in [4.69, 9.17) is 11.0 Å². The average Bonchev–Trinajstić information content (AvgIpc) is 2.32. The van der Waals surface area contributed by atoms with Gasteiger partial charge in [0.25, 0.3) is 0 Å². The van der Waals surface area contributed by atoms with Crippen LogP contribution in [0.4, 0.5) is 10.2 Å². The van der Waals surface area contributed by atoms with Crippen molar-refractivity contribution in [2.75, 3.05) is 5.73 Å². The van der Waals surface area contributed by atoms with Gasteiger partial charge in [-0.15, -0.1) is 0 Å². The molecule has 0 spiro atoms. The topological polar surface area (TPSA) is 62.7 Å². The SMILES string of the molecule is Cc1cc(-c2ccc(C#N)c(N)n2)ccc1F. The Labute approximate surface area is 98.3 Å². The predicted molar refractivity (Wildman–Crippen MR) is 63.5 cm³/mol. The Morgan fingerprint density at radius 2 is 2.06 bits per heavy atom. The zero-order valence-electron chi connectivity index (χ0n) is 9.24. The molecule has 0 aliphatic rings. The first-order chi connectivity index (χ1) is 8.11. The maximum Gasteiger partial charge on any atom is 0.142 e. The van der Waals surface area contributed by atoms with Gasteiger partial charge in [0.15, 0.2) is 0 Å². The molecule has 84 valence electrons. The lowest BCUT2D eigenvalue weighted by Crippen LogP contribution is -1.96. The minimum atomic E-state index is -0.254. The summed E-state index contributed by atoms with van der Waals surface area (Å²) in [7, 11) is 0. The van der Waals surface area contributed by atoms with E-state index in [2.05, 4.69) is 4.98 Å². The van der Waals surface area contributed by atoms with Crippen LogP contribution in [-0.4, -0.2) is 4.98 Å². The maximum absolute atomic E-state index is 13.1. The molecule has 1 aromatic heterocycles. The number of nitrogens with two attached hydrogens (primary N) is 1. The van der Waals surface area contributed by atoms with Crippen LogP contribution in [0.15, 0.2) is 30.3 Å². The van der Waals surface area contributed by atoms with E-state index in [0.29, 0.717) is 16.8 Å². The van der Waals surface area contributed by atoms with Crippen molar-refractivity contribution in [3.63, 3.8) is 0 Å². The van der Waals surface area contributed by atoms with E-state index in [-0.39, 0.29) is 11.6 Å². The molecule has 0 amide bonds. The third-order valence-electron chi connectivity index (χ3n) is 2.50. The summed E-state index contributed by atoms with van der Waals surface area (Å²) >= 11 is 0. The molecule has 0 unspecified atom stereocenters. The smallest absolute Gasteiger partial charge is 0.142 e. The van der Waals surface area contributed by atoms with Gasteiger partial charge in [0.1, 0.15) is 17.7 Å². The number of nitriles is 1. The quantitative estimate of drug-likeness (QED) is 0.814. The van der Waals surface area contributed by atoms with Crippen LogP contribution >= 0.6 is 0 Å². The van der Waals surface area contributed by atoms with Crippen molar-refractivity contribution in [3.05, 3.63) is 47.3 Å². The molecule has 0 aliphatic heterocycles. The van der Waals surface area contributed by atoms with Crippen LogP contribution in [0.25, 0.3) is 11.3 Å². The number of hydrogen-bond acceptors (Lipinski definition) is 3. The number of nitrogens with zero attached hydrogens (tertiary/aromatic N) is 2. The maximum atomic E-state index is 13.1. The molecule has 3 nitrogen and oxygen atoms in total. The Bertz CT molecular complexity index is 615. The molecule has 0 saturated carbocycles. The van der Waals surface area contributed by atoms with Crippen molar-refractivity contribution in [1.29, 1.82) is 5.26 Å². The number of anilines is 1. The number of aryl methyl sites for hydroxylation is 1. The number of aromatic nitrogens is 1. The highest BCUT2D eigenvalue weighted by Gasteiger charge is 2.05. The van der Waals surface area contributed by atoms with Crippen LogP contribution < -0.4 is 5.73 Å². The fourth-order valence-corrected chi connectivity index (χ4v) is 1.53. The monoisotopic (exact) mass is 227 g/mol. The van der Waals surface area contributed by atoms with Crippen LogP contribution in [-0.2, 0) is 0 Å². The second-order valence-electron chi connectivity index (χ2n) is 3.71. The van der Waals surface area contributed by atoms with Gasteiger partial charge in [0.05, 0.1) is 11.3 Å².